The molecule has 0 atom stereocenters. The summed E-state index contributed by atoms with van der Waals surface area (Å²) in [5.41, 5.74) is 6.23. The van der Waals surface area contributed by atoms with Crippen molar-refractivity contribution in [1.82, 2.24) is 25.3 Å². The molecule has 4 rings (SSSR count). The number of hydrogen-bond acceptors (Lipinski definition) is 10. The monoisotopic (exact) mass is 390 g/mol. The van der Waals surface area contributed by atoms with Crippen LogP contribution in [0.2, 0.25) is 0 Å². The lowest BCUT2D eigenvalue weighted by Gasteiger charge is -2.32. The van der Waals surface area contributed by atoms with Crippen LogP contribution in [0.3, 0.4) is 0 Å². The second-order valence-electron chi connectivity index (χ2n) is 6.19. The molecular weight excluding hydrogens is 372 g/mol. The zero-order chi connectivity index (χ0) is 19.0. The molecule has 27 heavy (non-hydrogen) atoms. The lowest BCUT2D eigenvalue weighted by Crippen LogP contribution is -2.47. The van der Waals surface area contributed by atoms with Crippen molar-refractivity contribution in [3.63, 3.8) is 0 Å². The molecule has 0 radical (unpaired) electrons. The molecule has 0 bridgehead atoms. The van der Waals surface area contributed by atoms with Gasteiger partial charge >= 0.3 is 6.01 Å². The number of H-pyrrole nitrogens is 1. The van der Waals surface area contributed by atoms with Gasteiger partial charge in [-0.25, -0.2) is 13.5 Å². The van der Waals surface area contributed by atoms with E-state index in [4.69, 9.17) is 10.3 Å². The molecule has 11 nitrogen and oxygen atoms in total. The third-order valence-corrected chi connectivity index (χ3v) is 5.43. The highest BCUT2D eigenvalue weighted by molar-refractivity contribution is 7.90. The molecule has 1 aliphatic heterocycles. The Morgan fingerprint density at radius 1 is 1.07 bits per heavy atom. The third kappa shape index (κ3) is 3.56. The number of aromatic nitrogens is 5. The maximum Gasteiger partial charge on any atom is 0.324 e. The molecule has 3 heterocycles. The van der Waals surface area contributed by atoms with Crippen LogP contribution in [0.1, 0.15) is 0 Å². The summed E-state index contributed by atoms with van der Waals surface area (Å²) in [5.74, 6) is 1.27. The molecule has 12 heteroatoms. The fourth-order valence-electron chi connectivity index (χ4n) is 2.83. The van der Waals surface area contributed by atoms with Gasteiger partial charge in [0.1, 0.15) is 0 Å². The van der Waals surface area contributed by atoms with Gasteiger partial charge < -0.3 is 20.1 Å². The van der Waals surface area contributed by atoms with Crippen molar-refractivity contribution < 1.29 is 12.9 Å². The molecule has 1 aromatic carbocycles. The lowest BCUT2D eigenvalue weighted by molar-refractivity contribution is 0.409. The molecule has 0 saturated carbocycles. The van der Waals surface area contributed by atoms with Crippen LogP contribution in [0.15, 0.2) is 33.7 Å². The highest BCUT2D eigenvalue weighted by Crippen LogP contribution is 2.23. The molecule has 3 aromatic rings. The number of hydrogen-bond donors (Lipinski definition) is 2. The van der Waals surface area contributed by atoms with E-state index in [1.54, 1.807) is 12.1 Å². The van der Waals surface area contributed by atoms with Gasteiger partial charge in [0.15, 0.2) is 9.84 Å². The summed E-state index contributed by atoms with van der Waals surface area (Å²) in [4.78, 5) is 12.8. The third-order valence-electron chi connectivity index (χ3n) is 4.30. The first-order valence-corrected chi connectivity index (χ1v) is 10.1. The van der Waals surface area contributed by atoms with Crippen LogP contribution in [0.5, 0.6) is 0 Å². The van der Waals surface area contributed by atoms with E-state index >= 15 is 0 Å². The van der Waals surface area contributed by atoms with E-state index in [0.29, 0.717) is 49.5 Å². The zero-order valence-electron chi connectivity index (χ0n) is 14.5. The average Bonchev–Trinajstić information content (AvgIpc) is 3.31. The van der Waals surface area contributed by atoms with E-state index in [-0.39, 0.29) is 10.8 Å². The largest absolute Gasteiger partial charge is 0.366 e. The van der Waals surface area contributed by atoms with Gasteiger partial charge in [0.2, 0.25) is 17.7 Å². The first kappa shape index (κ1) is 17.3. The molecule has 1 fully saturated rings. The normalized spacial score (nSPS) is 15.3. The Morgan fingerprint density at radius 3 is 2.33 bits per heavy atom. The van der Waals surface area contributed by atoms with Crippen molar-refractivity contribution in [3.05, 3.63) is 24.3 Å². The number of nitrogens with two attached hydrogens (primary N) is 1. The Morgan fingerprint density at radius 2 is 1.74 bits per heavy atom. The highest BCUT2D eigenvalue weighted by Gasteiger charge is 2.23. The Bertz CT molecular complexity index is 1040. The minimum Gasteiger partial charge on any atom is -0.366 e. The van der Waals surface area contributed by atoms with Crippen LogP contribution in [0, 0.1) is 0 Å². The fraction of sp³-hybridized carbons (Fsp3) is 0.333. The average molecular weight is 390 g/mol. The number of benzene rings is 1. The van der Waals surface area contributed by atoms with Gasteiger partial charge in [-0.3, -0.25) is 0 Å². The van der Waals surface area contributed by atoms with E-state index < -0.39 is 9.84 Å². The van der Waals surface area contributed by atoms with E-state index in [0.717, 1.165) is 0 Å². The second kappa shape index (κ2) is 6.54. The van der Waals surface area contributed by atoms with Crippen molar-refractivity contribution in [2.24, 2.45) is 0 Å². The highest BCUT2D eigenvalue weighted by atomic mass is 32.2. The summed E-state index contributed by atoms with van der Waals surface area (Å²) in [6, 6.07) is 6.81. The molecule has 0 aliphatic carbocycles. The molecule has 0 spiro atoms. The summed E-state index contributed by atoms with van der Waals surface area (Å²) in [6.45, 7) is 2.76. The Balaban J connectivity index is 1.44. The number of piperazine rings is 1. The van der Waals surface area contributed by atoms with Crippen molar-refractivity contribution in [3.8, 4) is 11.4 Å². The van der Waals surface area contributed by atoms with Crippen LogP contribution < -0.4 is 15.5 Å². The predicted octanol–water partition coefficient (Wildman–Crippen LogP) is 0.167. The summed E-state index contributed by atoms with van der Waals surface area (Å²) in [5, 5.41) is 10.6. The van der Waals surface area contributed by atoms with Crippen LogP contribution >= 0.6 is 0 Å². The Kier molecular flexibility index (Phi) is 4.18. The van der Waals surface area contributed by atoms with Gasteiger partial charge in [0, 0.05) is 38.0 Å². The van der Waals surface area contributed by atoms with Gasteiger partial charge in [-0.15, -0.1) is 5.10 Å². The van der Waals surface area contributed by atoms with E-state index in [2.05, 4.69) is 25.3 Å². The van der Waals surface area contributed by atoms with Gasteiger partial charge in [0.25, 0.3) is 0 Å². The van der Waals surface area contributed by atoms with Crippen LogP contribution in [-0.4, -0.2) is 66.2 Å². The molecule has 0 amide bonds. The summed E-state index contributed by atoms with van der Waals surface area (Å²) < 4.78 is 28.5. The smallest absolute Gasteiger partial charge is 0.324 e. The first-order valence-electron chi connectivity index (χ1n) is 8.22. The lowest BCUT2D eigenvalue weighted by atomic mass is 10.2. The standard InChI is InChI=1S/C15H18N8O3S/c1-27(24,25)11-4-2-10(3-5-11)12-17-15(26-21-12)23-8-6-22(7-9-23)14-18-13(16)19-20-14/h2-5H,6-9H2,1H3,(H3,16,18,19,20). The number of aromatic amines is 1. The van der Waals surface area contributed by atoms with Gasteiger partial charge in [0.05, 0.1) is 4.90 Å². The van der Waals surface area contributed by atoms with Gasteiger partial charge in [-0.1, -0.05) is 5.16 Å². The van der Waals surface area contributed by atoms with Crippen molar-refractivity contribution in [2.75, 3.05) is 48.0 Å². The zero-order valence-corrected chi connectivity index (χ0v) is 15.3. The molecule has 142 valence electrons. The fourth-order valence-corrected chi connectivity index (χ4v) is 3.46. The van der Waals surface area contributed by atoms with E-state index in [1.807, 2.05) is 9.80 Å². The second-order valence-corrected chi connectivity index (χ2v) is 8.20. The number of nitrogens with one attached hydrogen (secondary N) is 1. The first-order chi connectivity index (χ1) is 12.9. The minimum atomic E-state index is -3.24. The predicted molar refractivity (Wildman–Crippen MR) is 98.1 cm³/mol. The maximum atomic E-state index is 11.5. The topological polar surface area (TPSA) is 147 Å². The molecule has 2 aromatic heterocycles. The maximum absolute atomic E-state index is 11.5. The van der Waals surface area contributed by atoms with Gasteiger partial charge in [-0.05, 0) is 24.3 Å². The molecular formula is C15H18N8O3S. The summed E-state index contributed by atoms with van der Waals surface area (Å²) in [6.07, 6.45) is 1.17. The van der Waals surface area contributed by atoms with Crippen molar-refractivity contribution in [1.29, 1.82) is 0 Å². The minimum absolute atomic E-state index is 0.218. The summed E-state index contributed by atoms with van der Waals surface area (Å²) in [7, 11) is -3.24. The SMILES string of the molecule is CS(=O)(=O)c1ccc(-c2noc(N3CCN(c4nc(N)n[nH]4)CC3)n2)cc1. The van der Waals surface area contributed by atoms with Crippen LogP contribution in [-0.2, 0) is 9.84 Å². The van der Waals surface area contributed by atoms with E-state index in [9.17, 15) is 8.42 Å². The number of nitrogens with zero attached hydrogens (tertiary/aromatic N) is 6. The molecule has 0 unspecified atom stereocenters. The van der Waals surface area contributed by atoms with Crippen LogP contribution in [0.25, 0.3) is 11.4 Å². The Labute approximate surface area is 155 Å². The molecule has 1 aliphatic rings. The van der Waals surface area contributed by atoms with Gasteiger partial charge in [-0.2, -0.15) is 9.97 Å². The van der Waals surface area contributed by atoms with Crippen LogP contribution in [0.4, 0.5) is 17.9 Å². The number of anilines is 3. The summed E-state index contributed by atoms with van der Waals surface area (Å²) >= 11 is 0. The molecule has 1 saturated heterocycles. The van der Waals surface area contributed by atoms with Crippen molar-refractivity contribution >= 4 is 27.7 Å². The Hall–Kier alpha value is -3.15. The number of sulfone groups is 1. The van der Waals surface area contributed by atoms with Crippen molar-refractivity contribution in [2.45, 2.75) is 4.90 Å². The quantitative estimate of drug-likeness (QED) is 0.631. The van der Waals surface area contributed by atoms with E-state index in [1.165, 1.54) is 18.4 Å². The molecule has 3 N–H and O–H groups in total. The number of rotatable bonds is 4. The number of nitrogen functional groups attached to an aromatic ring is 1.